The summed E-state index contributed by atoms with van der Waals surface area (Å²) in [7, 11) is 0. The number of hydrogen-bond acceptors (Lipinski definition) is 19. The zero-order valence-electron chi connectivity index (χ0n) is 54.4. The molecule has 23 heteroatoms. The average Bonchev–Trinajstić information content (AvgIpc) is 0.764. The highest BCUT2D eigenvalue weighted by Crippen LogP contribution is 2.80. The second kappa shape index (κ2) is 24.4. The van der Waals surface area contributed by atoms with E-state index in [-0.39, 0.29) is 49.5 Å². The van der Waals surface area contributed by atoms with Crippen molar-refractivity contribution in [3.63, 3.8) is 0 Å². The number of nitrogens with zero attached hydrogens (tertiary/aromatic N) is 2. The molecule has 0 radical (unpaired) electrons. The van der Waals surface area contributed by atoms with Crippen LogP contribution in [-0.2, 0) is 35.7 Å². The van der Waals surface area contributed by atoms with Crippen molar-refractivity contribution in [2.24, 2.45) is 103 Å². The molecule has 13 rings (SSSR count). The van der Waals surface area contributed by atoms with Crippen LogP contribution in [0.2, 0.25) is 0 Å². The SMILES string of the molecule is C[C@]1(CO)CC[C@@]2(C(=O)O)[C@@H](C1)C1=CC[C@@H]3[C@@]4(C)[C@H]([C@H]5C=C[C@](c6cnc[nH]6)([C@H](O)[C@H](CNCCN[C@@H]6CCC[C@@H](CC=O)C6)[C@@H](N)O)[C@H]6NC(=O)C7(CCCC7)[C@@H]56)[C@@H](O)[C@@H](O[C@@H]5OC[C@@H](O)[C@H](O)[C@H]5O)[C@@](C)(CO)[C@H]4CC[C@@]3(C)[C@]1(C)[C@@H]1Cc3[nH]cnc3NC[C@@H]12. The Morgan fingerprint density at radius 3 is 2.40 bits per heavy atom. The van der Waals surface area contributed by atoms with Gasteiger partial charge in [-0.15, -0.1) is 0 Å². The molecule has 8 aliphatic carbocycles. The Bertz CT molecular complexity index is 3090. The quantitative estimate of drug-likeness (QED) is 0.0335. The second-order valence-corrected chi connectivity index (χ2v) is 32.2. The van der Waals surface area contributed by atoms with Crippen molar-refractivity contribution in [2.75, 3.05) is 51.3 Å². The topological polar surface area (TPSA) is 383 Å². The number of aliphatic hydroxyl groups is 8. The smallest absolute Gasteiger partial charge is 0.310 e. The molecule has 23 nitrogen and oxygen atoms in total. The van der Waals surface area contributed by atoms with Gasteiger partial charge in [0.15, 0.2) is 6.29 Å². The fourth-order valence-electron chi connectivity index (χ4n) is 23.7. The summed E-state index contributed by atoms with van der Waals surface area (Å²) in [4.78, 5) is 57.8. The van der Waals surface area contributed by atoms with E-state index >= 15 is 4.79 Å². The number of carbonyl (C=O) groups is 3. The van der Waals surface area contributed by atoms with E-state index in [1.165, 1.54) is 6.33 Å². The van der Waals surface area contributed by atoms with Crippen molar-refractivity contribution in [3.8, 4) is 0 Å². The van der Waals surface area contributed by atoms with Crippen LogP contribution in [0.25, 0.3) is 0 Å². The van der Waals surface area contributed by atoms with Crippen molar-refractivity contribution in [1.29, 1.82) is 0 Å². The van der Waals surface area contributed by atoms with Gasteiger partial charge in [0.2, 0.25) is 5.91 Å². The molecule has 510 valence electrons. The van der Waals surface area contributed by atoms with E-state index in [1.807, 2.05) is 13.0 Å². The van der Waals surface area contributed by atoms with Gasteiger partial charge in [-0.3, -0.25) is 9.59 Å². The number of fused-ring (bicyclic) bond motifs is 13. The molecule has 17 N–H and O–H groups in total. The summed E-state index contributed by atoms with van der Waals surface area (Å²) in [5.41, 5.74) is 1.30. The number of imidazole rings is 2. The standard InChI is InChI=1S/C69H105N9O14/c1-62(32-80)20-21-68(61(89)90)42(27-62)40-11-12-47-64(3,66(40,5)41-26-44-58(77-35-75-44)74-29-43(41)68)18-14-46-63(2,33-81)56(92-59-53(85)51(83)45(82)31-91-59)52(84)49(65(46,47)4)38-13-19-69(48-30-72-34-76-48,54-50(38)67(60(88)78-54)16-6-7-17-67)55(86)39(57(70)87)28-71-22-23-73-37-10-8-9-36(25-37)15-24-79/h11,13,19,24,30,34-39,41-43,45-47,49-57,59,71,73-74,80-87H,6-10,12,14-18,20-23,25-29,31-33,70H2,1-5H3,(H,72,76)(H,75,77)(H,78,88)(H,89,90)/t36-,37+,38+,39-,41+,42-,43-,45+,46+,47-,49+,50-,51-,52+,53+,54-,55+,56+,57-,59-,62-,63-,64+,65-,66-,68+,69+/m0/s1. The predicted molar refractivity (Wildman–Crippen MR) is 337 cm³/mol. The molecule has 92 heavy (non-hydrogen) atoms. The molecule has 5 heterocycles. The second-order valence-electron chi connectivity index (χ2n) is 32.2. The number of allylic oxidation sites excluding steroid dienone is 3. The minimum atomic E-state index is -1.73. The number of nitrogens with two attached hydrogens (primary N) is 1. The lowest BCUT2D eigenvalue weighted by Gasteiger charge is -2.76. The summed E-state index contributed by atoms with van der Waals surface area (Å²) >= 11 is 0. The molecular formula is C69H105N9O14. The highest BCUT2D eigenvalue weighted by molar-refractivity contribution is 5.87. The maximum atomic E-state index is 15.7. The first-order valence-electron chi connectivity index (χ1n) is 34.8. The number of carboxylic acids is 1. The van der Waals surface area contributed by atoms with Gasteiger partial charge in [0.05, 0.1) is 72.2 Å². The molecule has 2 aromatic rings. The van der Waals surface area contributed by atoms with Gasteiger partial charge in [0.25, 0.3) is 0 Å². The number of rotatable bonds is 18. The van der Waals surface area contributed by atoms with Crippen LogP contribution in [0.1, 0.15) is 142 Å². The predicted octanol–water partition coefficient (Wildman–Crippen LogP) is 2.79. The van der Waals surface area contributed by atoms with Crippen LogP contribution in [0, 0.1) is 97.1 Å². The number of aromatic nitrogens is 4. The Morgan fingerprint density at radius 1 is 0.913 bits per heavy atom. The summed E-state index contributed by atoms with van der Waals surface area (Å²) in [6.45, 7) is 11.7. The first-order valence-corrected chi connectivity index (χ1v) is 34.8. The number of nitrogens with one attached hydrogen (secondary N) is 6. The minimum absolute atomic E-state index is 0.0857. The number of hydrogen-bond donors (Lipinski definition) is 16. The van der Waals surface area contributed by atoms with Crippen molar-refractivity contribution in [1.82, 2.24) is 35.9 Å². The summed E-state index contributed by atoms with van der Waals surface area (Å²) in [5, 5.41) is 123. The Balaban J connectivity index is 0.962. The zero-order chi connectivity index (χ0) is 65.3. The van der Waals surface area contributed by atoms with Crippen LogP contribution in [0.5, 0.6) is 0 Å². The molecule has 8 fully saturated rings. The summed E-state index contributed by atoms with van der Waals surface area (Å²) in [5.74, 6) is -4.85. The molecule has 2 saturated heterocycles. The van der Waals surface area contributed by atoms with Crippen molar-refractivity contribution in [3.05, 3.63) is 54.0 Å². The van der Waals surface area contributed by atoms with Gasteiger partial charge < -0.3 is 97.2 Å². The number of amides is 1. The molecule has 6 saturated carbocycles. The van der Waals surface area contributed by atoms with Crippen LogP contribution in [0.4, 0.5) is 5.82 Å². The lowest BCUT2D eigenvalue weighted by atomic mass is 9.28. The third kappa shape index (κ3) is 9.65. The number of aromatic amines is 2. The normalized spacial score (nSPS) is 46.9. The third-order valence-corrected chi connectivity index (χ3v) is 28.4. The molecule has 1 amide bonds. The Morgan fingerprint density at radius 2 is 1.70 bits per heavy atom. The van der Waals surface area contributed by atoms with Gasteiger partial charge in [0, 0.05) is 74.4 Å². The molecule has 1 spiro atoms. The number of aliphatic hydroxyl groups excluding tert-OH is 8. The van der Waals surface area contributed by atoms with E-state index in [2.05, 4.69) is 76.1 Å². The average molecular weight is 1280 g/mol. The van der Waals surface area contributed by atoms with Crippen LogP contribution in [-0.4, -0.2) is 191 Å². The third-order valence-electron chi connectivity index (χ3n) is 28.4. The monoisotopic (exact) mass is 1280 g/mol. The van der Waals surface area contributed by atoms with E-state index in [0.717, 1.165) is 56.1 Å². The van der Waals surface area contributed by atoms with E-state index in [4.69, 9.17) is 20.2 Å². The summed E-state index contributed by atoms with van der Waals surface area (Å²) in [6.07, 6.45) is 10.9. The molecule has 0 unspecified atom stereocenters. The maximum Gasteiger partial charge on any atom is 0.310 e. The van der Waals surface area contributed by atoms with Crippen molar-refractivity contribution < 1.29 is 69.8 Å². The first-order chi connectivity index (χ1) is 43.9. The van der Waals surface area contributed by atoms with Gasteiger partial charge in [-0.05, 0) is 146 Å². The number of anilines is 1. The Hall–Kier alpha value is -4.21. The van der Waals surface area contributed by atoms with Gasteiger partial charge in [-0.1, -0.05) is 77.7 Å². The number of H-pyrrole nitrogens is 2. The molecule has 27 atom stereocenters. The molecule has 11 aliphatic rings. The number of aliphatic carboxylic acids is 1. The van der Waals surface area contributed by atoms with Crippen LogP contribution in [0.15, 0.2) is 42.7 Å². The maximum absolute atomic E-state index is 15.7. The largest absolute Gasteiger partial charge is 0.481 e. The summed E-state index contributed by atoms with van der Waals surface area (Å²) < 4.78 is 13.0. The fraction of sp³-hybridized carbons (Fsp3) is 0.812. The molecule has 3 aliphatic heterocycles. The van der Waals surface area contributed by atoms with Gasteiger partial charge in [-0.25, -0.2) is 9.97 Å². The Kier molecular flexibility index (Phi) is 17.6. The van der Waals surface area contributed by atoms with Crippen molar-refractivity contribution in [2.45, 2.75) is 204 Å². The van der Waals surface area contributed by atoms with E-state index < -0.39 is 147 Å². The highest BCUT2D eigenvalue weighted by Gasteiger charge is 2.79. The first kappa shape index (κ1) is 66.4. The molecular weight excluding hydrogens is 1180 g/mol. The number of carbonyl (C=O) groups excluding carboxylic acids is 2. The van der Waals surface area contributed by atoms with E-state index in [0.29, 0.717) is 101 Å². The lowest BCUT2D eigenvalue weighted by molar-refractivity contribution is -0.344. The lowest BCUT2D eigenvalue weighted by Crippen LogP contribution is -2.75. The fourth-order valence-corrected chi connectivity index (χ4v) is 23.7. The Labute approximate surface area is 539 Å². The van der Waals surface area contributed by atoms with E-state index in [9.17, 15) is 55.5 Å². The van der Waals surface area contributed by atoms with Gasteiger partial charge in [-0.2, -0.15) is 0 Å². The number of aldehydes is 1. The zero-order valence-corrected chi connectivity index (χ0v) is 54.4. The van der Waals surface area contributed by atoms with Gasteiger partial charge >= 0.3 is 5.97 Å². The molecule has 0 bridgehead atoms. The molecule has 2 aromatic heterocycles. The highest BCUT2D eigenvalue weighted by atomic mass is 16.7. The van der Waals surface area contributed by atoms with Crippen LogP contribution < -0.4 is 27.0 Å². The van der Waals surface area contributed by atoms with Crippen molar-refractivity contribution >= 4 is 24.0 Å². The summed E-state index contributed by atoms with van der Waals surface area (Å²) in [6, 6.07) is -0.614. The van der Waals surface area contributed by atoms with Crippen LogP contribution in [0.3, 0.4) is 0 Å². The van der Waals surface area contributed by atoms with E-state index in [1.54, 1.807) is 12.5 Å². The minimum Gasteiger partial charge on any atom is -0.481 e. The van der Waals surface area contributed by atoms with Gasteiger partial charge in [0.1, 0.15) is 36.6 Å². The number of ether oxygens (including phenoxy) is 2. The number of carboxylic acid groups (broad SMARTS) is 1. The van der Waals surface area contributed by atoms with Crippen LogP contribution >= 0.6 is 0 Å². The molecule has 0 aromatic carbocycles.